The Hall–Kier alpha value is -0.570. The summed E-state index contributed by atoms with van der Waals surface area (Å²) in [6.07, 6.45) is 7.07. The second kappa shape index (κ2) is 6.02. The van der Waals surface area contributed by atoms with Crippen LogP contribution in [0.1, 0.15) is 38.5 Å². The van der Waals surface area contributed by atoms with E-state index in [1.807, 2.05) is 0 Å². The predicted octanol–water partition coefficient (Wildman–Crippen LogP) is 1.70. The lowest BCUT2D eigenvalue weighted by molar-refractivity contribution is -0.142. The molecule has 0 bridgehead atoms. The summed E-state index contributed by atoms with van der Waals surface area (Å²) in [5, 5.41) is 0. The van der Waals surface area contributed by atoms with Crippen molar-refractivity contribution >= 4 is 5.97 Å². The third kappa shape index (κ3) is 3.66. The zero-order valence-electron chi connectivity index (χ0n) is 9.00. The lowest BCUT2D eigenvalue weighted by Crippen LogP contribution is -2.04. The third-order valence-corrected chi connectivity index (χ3v) is 2.96. The second-order valence-electron chi connectivity index (χ2n) is 4.12. The maximum atomic E-state index is 11.1. The SMILES string of the molecule is COC(=O)C1CC1CCCCCCN. The molecule has 1 aliphatic rings. The fourth-order valence-corrected chi connectivity index (χ4v) is 1.91. The summed E-state index contributed by atoms with van der Waals surface area (Å²) in [5.41, 5.74) is 5.40. The quantitative estimate of drug-likeness (QED) is 0.501. The molecule has 1 fully saturated rings. The number of hydrogen-bond donors (Lipinski definition) is 1. The van der Waals surface area contributed by atoms with Gasteiger partial charge in [-0.15, -0.1) is 0 Å². The molecule has 0 aromatic carbocycles. The number of ether oxygens (including phenoxy) is 1. The van der Waals surface area contributed by atoms with Crippen LogP contribution in [0.5, 0.6) is 0 Å². The smallest absolute Gasteiger partial charge is 0.308 e. The Morgan fingerprint density at radius 3 is 2.71 bits per heavy atom. The fourth-order valence-electron chi connectivity index (χ4n) is 1.91. The van der Waals surface area contributed by atoms with E-state index >= 15 is 0 Å². The Morgan fingerprint density at radius 1 is 1.36 bits per heavy atom. The van der Waals surface area contributed by atoms with Crippen LogP contribution in [0.2, 0.25) is 0 Å². The average molecular weight is 199 g/mol. The van der Waals surface area contributed by atoms with Gasteiger partial charge >= 0.3 is 5.97 Å². The van der Waals surface area contributed by atoms with Crippen molar-refractivity contribution in [2.75, 3.05) is 13.7 Å². The number of methoxy groups -OCH3 is 1. The summed E-state index contributed by atoms with van der Waals surface area (Å²) in [5.74, 6) is 0.812. The molecule has 0 aromatic heterocycles. The van der Waals surface area contributed by atoms with Crippen molar-refractivity contribution in [1.82, 2.24) is 0 Å². The van der Waals surface area contributed by atoms with Gasteiger partial charge in [0.2, 0.25) is 0 Å². The number of rotatable bonds is 7. The van der Waals surface area contributed by atoms with Crippen LogP contribution >= 0.6 is 0 Å². The zero-order valence-corrected chi connectivity index (χ0v) is 9.00. The van der Waals surface area contributed by atoms with E-state index in [4.69, 9.17) is 10.5 Å². The van der Waals surface area contributed by atoms with E-state index in [0.717, 1.165) is 19.4 Å². The van der Waals surface area contributed by atoms with Gasteiger partial charge in [-0.25, -0.2) is 0 Å². The van der Waals surface area contributed by atoms with E-state index in [2.05, 4.69) is 0 Å². The Kier molecular flexibility index (Phi) is 4.94. The maximum absolute atomic E-state index is 11.1. The van der Waals surface area contributed by atoms with Gasteiger partial charge in [0, 0.05) is 0 Å². The van der Waals surface area contributed by atoms with E-state index in [-0.39, 0.29) is 11.9 Å². The number of esters is 1. The zero-order chi connectivity index (χ0) is 10.4. The lowest BCUT2D eigenvalue weighted by atomic mass is 10.1. The van der Waals surface area contributed by atoms with Gasteiger partial charge in [-0.3, -0.25) is 4.79 Å². The van der Waals surface area contributed by atoms with Crippen LogP contribution in [0, 0.1) is 11.8 Å². The monoisotopic (exact) mass is 199 g/mol. The Labute approximate surface area is 86.0 Å². The first-order chi connectivity index (χ1) is 6.79. The topological polar surface area (TPSA) is 52.3 Å². The number of carbonyl (C=O) groups is 1. The van der Waals surface area contributed by atoms with E-state index < -0.39 is 0 Å². The second-order valence-corrected chi connectivity index (χ2v) is 4.12. The van der Waals surface area contributed by atoms with Crippen LogP contribution in [0.15, 0.2) is 0 Å². The van der Waals surface area contributed by atoms with E-state index in [0.29, 0.717) is 5.92 Å². The minimum atomic E-state index is -0.0167. The molecule has 0 radical (unpaired) electrons. The van der Waals surface area contributed by atoms with Gasteiger partial charge in [0.1, 0.15) is 0 Å². The minimum Gasteiger partial charge on any atom is -0.469 e. The summed E-state index contributed by atoms with van der Waals surface area (Å²) in [6, 6.07) is 0. The molecule has 2 unspecified atom stereocenters. The van der Waals surface area contributed by atoms with Crippen LogP contribution in [0.4, 0.5) is 0 Å². The van der Waals surface area contributed by atoms with Gasteiger partial charge in [-0.1, -0.05) is 19.3 Å². The lowest BCUT2D eigenvalue weighted by Gasteiger charge is -1.99. The molecule has 0 saturated heterocycles. The molecule has 0 aliphatic heterocycles. The molecule has 1 rings (SSSR count). The van der Waals surface area contributed by atoms with Crippen molar-refractivity contribution in [2.24, 2.45) is 17.6 Å². The Morgan fingerprint density at radius 2 is 2.07 bits per heavy atom. The van der Waals surface area contributed by atoms with Crippen LogP contribution in [-0.2, 0) is 9.53 Å². The van der Waals surface area contributed by atoms with Crippen molar-refractivity contribution in [3.63, 3.8) is 0 Å². The van der Waals surface area contributed by atoms with Crippen molar-refractivity contribution < 1.29 is 9.53 Å². The summed E-state index contributed by atoms with van der Waals surface area (Å²) >= 11 is 0. The first-order valence-electron chi connectivity index (χ1n) is 5.57. The van der Waals surface area contributed by atoms with Crippen molar-refractivity contribution in [3.8, 4) is 0 Å². The first kappa shape index (κ1) is 11.5. The summed E-state index contributed by atoms with van der Waals surface area (Å²) < 4.78 is 4.69. The number of unbranched alkanes of at least 4 members (excludes halogenated alkanes) is 3. The van der Waals surface area contributed by atoms with Crippen molar-refractivity contribution in [2.45, 2.75) is 38.5 Å². The molecule has 3 heteroatoms. The average Bonchev–Trinajstić information content (AvgIpc) is 2.96. The van der Waals surface area contributed by atoms with Gasteiger partial charge in [-0.05, 0) is 31.7 Å². The molecule has 0 amide bonds. The highest BCUT2D eigenvalue weighted by atomic mass is 16.5. The van der Waals surface area contributed by atoms with E-state index in [1.54, 1.807) is 0 Å². The van der Waals surface area contributed by atoms with Crippen LogP contribution < -0.4 is 5.73 Å². The molecule has 2 N–H and O–H groups in total. The molecular formula is C11H21NO2. The van der Waals surface area contributed by atoms with Gasteiger partial charge in [-0.2, -0.15) is 0 Å². The van der Waals surface area contributed by atoms with Gasteiger partial charge in [0.05, 0.1) is 13.0 Å². The third-order valence-electron chi connectivity index (χ3n) is 2.96. The molecule has 0 heterocycles. The molecule has 1 aliphatic carbocycles. The highest BCUT2D eigenvalue weighted by Gasteiger charge is 2.42. The summed E-state index contributed by atoms with van der Waals surface area (Å²) in [7, 11) is 1.47. The first-order valence-corrected chi connectivity index (χ1v) is 5.57. The highest BCUT2D eigenvalue weighted by Crippen LogP contribution is 2.43. The normalized spacial score (nSPS) is 24.7. The van der Waals surface area contributed by atoms with Crippen LogP contribution in [-0.4, -0.2) is 19.6 Å². The highest BCUT2D eigenvalue weighted by molar-refractivity contribution is 5.75. The minimum absolute atomic E-state index is 0.0167. The van der Waals surface area contributed by atoms with Crippen molar-refractivity contribution in [1.29, 1.82) is 0 Å². The van der Waals surface area contributed by atoms with Gasteiger partial charge < -0.3 is 10.5 Å². The number of carbonyl (C=O) groups excluding carboxylic acids is 1. The van der Waals surface area contributed by atoms with Gasteiger partial charge in [0.15, 0.2) is 0 Å². The number of hydrogen-bond acceptors (Lipinski definition) is 3. The molecule has 1 saturated carbocycles. The fraction of sp³-hybridized carbons (Fsp3) is 0.909. The Balaban J connectivity index is 1.93. The predicted molar refractivity (Wildman–Crippen MR) is 55.8 cm³/mol. The molecule has 82 valence electrons. The van der Waals surface area contributed by atoms with Crippen LogP contribution in [0.3, 0.4) is 0 Å². The van der Waals surface area contributed by atoms with Crippen LogP contribution in [0.25, 0.3) is 0 Å². The summed E-state index contributed by atoms with van der Waals surface area (Å²) in [6.45, 7) is 0.800. The molecule has 0 spiro atoms. The Bertz CT molecular complexity index is 182. The van der Waals surface area contributed by atoms with E-state index in [9.17, 15) is 4.79 Å². The molecular weight excluding hydrogens is 178 g/mol. The molecule has 14 heavy (non-hydrogen) atoms. The van der Waals surface area contributed by atoms with Gasteiger partial charge in [0.25, 0.3) is 0 Å². The largest absolute Gasteiger partial charge is 0.469 e. The molecule has 2 atom stereocenters. The van der Waals surface area contributed by atoms with Crippen molar-refractivity contribution in [3.05, 3.63) is 0 Å². The van der Waals surface area contributed by atoms with E-state index in [1.165, 1.54) is 32.8 Å². The molecule has 3 nitrogen and oxygen atoms in total. The maximum Gasteiger partial charge on any atom is 0.308 e. The number of nitrogens with two attached hydrogens (primary N) is 1. The summed E-state index contributed by atoms with van der Waals surface area (Å²) in [4.78, 5) is 11.1. The molecule has 0 aromatic rings. The standard InChI is InChI=1S/C11H21NO2/c1-14-11(13)10-8-9(10)6-4-2-3-5-7-12/h9-10H,2-8,12H2,1H3.